The van der Waals surface area contributed by atoms with Gasteiger partial charge in [0, 0.05) is 5.69 Å². The molecule has 0 aromatic heterocycles. The minimum Gasteiger partial charge on any atom is -0.494 e. The highest BCUT2D eigenvalue weighted by Crippen LogP contribution is 2.12. The molecular formula is C18H21N3O2. The second-order valence-corrected chi connectivity index (χ2v) is 5.06. The lowest BCUT2D eigenvalue weighted by atomic mass is 10.2. The fourth-order valence-electron chi connectivity index (χ4n) is 1.91. The number of nitrogens with zero attached hydrogens (tertiary/aromatic N) is 1. The number of carbonyl (C=O) groups excluding carboxylic acids is 1. The summed E-state index contributed by atoms with van der Waals surface area (Å²) < 4.78 is 5.59. The summed E-state index contributed by atoms with van der Waals surface area (Å²) in [5.41, 5.74) is 9.91. The predicted octanol–water partition coefficient (Wildman–Crippen LogP) is 3.21. The number of carbonyl (C=O) groups is 1. The van der Waals surface area contributed by atoms with E-state index in [0.29, 0.717) is 11.3 Å². The zero-order valence-electron chi connectivity index (χ0n) is 13.2. The second kappa shape index (κ2) is 8.58. The van der Waals surface area contributed by atoms with Crippen LogP contribution in [-0.2, 0) is 0 Å². The lowest BCUT2D eigenvalue weighted by Crippen LogP contribution is -2.18. The zero-order valence-corrected chi connectivity index (χ0v) is 13.2. The van der Waals surface area contributed by atoms with E-state index in [1.165, 1.54) is 0 Å². The summed E-state index contributed by atoms with van der Waals surface area (Å²) in [7, 11) is 0. The van der Waals surface area contributed by atoms with E-state index in [1.54, 1.807) is 30.5 Å². The van der Waals surface area contributed by atoms with Gasteiger partial charge in [0.25, 0.3) is 5.91 Å². The van der Waals surface area contributed by atoms with E-state index in [1.807, 2.05) is 24.3 Å². The first-order chi connectivity index (χ1) is 11.2. The number of rotatable bonds is 7. The van der Waals surface area contributed by atoms with Crippen LogP contribution in [0.3, 0.4) is 0 Å². The van der Waals surface area contributed by atoms with Crippen molar-refractivity contribution in [1.29, 1.82) is 0 Å². The van der Waals surface area contributed by atoms with Gasteiger partial charge in [-0.25, -0.2) is 5.43 Å². The molecule has 23 heavy (non-hydrogen) atoms. The van der Waals surface area contributed by atoms with Crippen LogP contribution >= 0.6 is 0 Å². The third-order valence-corrected chi connectivity index (χ3v) is 3.23. The number of hydrazone groups is 1. The van der Waals surface area contributed by atoms with Gasteiger partial charge in [0.05, 0.1) is 18.4 Å². The summed E-state index contributed by atoms with van der Waals surface area (Å²) >= 11 is 0. The maximum absolute atomic E-state index is 11.9. The number of nitrogen functional groups attached to an aromatic ring is 1. The number of hydrogen-bond acceptors (Lipinski definition) is 4. The van der Waals surface area contributed by atoms with E-state index in [2.05, 4.69) is 17.5 Å². The molecule has 0 aliphatic rings. The van der Waals surface area contributed by atoms with Gasteiger partial charge in [0.15, 0.2) is 0 Å². The number of hydrogen-bond donors (Lipinski definition) is 2. The quantitative estimate of drug-likeness (QED) is 0.357. The van der Waals surface area contributed by atoms with Gasteiger partial charge in [-0.05, 0) is 48.4 Å². The minimum atomic E-state index is -0.334. The van der Waals surface area contributed by atoms with Crippen LogP contribution in [0.4, 0.5) is 5.69 Å². The van der Waals surface area contributed by atoms with Crippen LogP contribution < -0.4 is 15.9 Å². The number of nitrogens with one attached hydrogen (secondary N) is 1. The first-order valence-electron chi connectivity index (χ1n) is 7.61. The summed E-state index contributed by atoms with van der Waals surface area (Å²) in [5, 5.41) is 3.94. The van der Waals surface area contributed by atoms with Crippen molar-refractivity contribution in [2.75, 3.05) is 12.3 Å². The number of benzene rings is 2. The first kappa shape index (κ1) is 16.5. The number of anilines is 1. The molecule has 0 heterocycles. The van der Waals surface area contributed by atoms with Gasteiger partial charge in [0.1, 0.15) is 5.75 Å². The van der Waals surface area contributed by atoms with E-state index < -0.39 is 0 Å². The average molecular weight is 311 g/mol. The summed E-state index contributed by atoms with van der Waals surface area (Å²) in [4.78, 5) is 11.9. The smallest absolute Gasteiger partial charge is 0.273 e. The molecule has 5 heteroatoms. The Kier molecular flexibility index (Phi) is 6.17. The minimum absolute atomic E-state index is 0.334. The van der Waals surface area contributed by atoms with Crippen LogP contribution in [-0.4, -0.2) is 18.7 Å². The number of amides is 1. The lowest BCUT2D eigenvalue weighted by Gasteiger charge is -2.05. The molecule has 0 saturated carbocycles. The van der Waals surface area contributed by atoms with Gasteiger partial charge in [-0.1, -0.05) is 25.5 Å². The van der Waals surface area contributed by atoms with Crippen molar-refractivity contribution in [3.05, 3.63) is 59.7 Å². The van der Waals surface area contributed by atoms with Crippen LogP contribution in [0.1, 0.15) is 35.7 Å². The van der Waals surface area contributed by atoms with Crippen molar-refractivity contribution >= 4 is 17.8 Å². The molecule has 0 fully saturated rings. The van der Waals surface area contributed by atoms with Crippen molar-refractivity contribution in [1.82, 2.24) is 5.43 Å². The molecule has 0 atom stereocenters. The standard InChI is InChI=1S/C18H21N3O2/c1-2-3-12-23-15-10-8-14(9-11-15)13-20-21-18(22)16-6-4-5-7-17(16)19/h4-11,13H,2-3,12,19H2,1H3,(H,21,22)/b20-13-. The molecule has 5 nitrogen and oxygen atoms in total. The summed E-state index contributed by atoms with van der Waals surface area (Å²) in [5.74, 6) is 0.496. The second-order valence-electron chi connectivity index (χ2n) is 5.06. The predicted molar refractivity (Wildman–Crippen MR) is 92.8 cm³/mol. The number of unbranched alkanes of at least 4 members (excludes halogenated alkanes) is 1. The topological polar surface area (TPSA) is 76.7 Å². The van der Waals surface area contributed by atoms with Gasteiger partial charge in [0.2, 0.25) is 0 Å². The first-order valence-corrected chi connectivity index (χ1v) is 7.61. The van der Waals surface area contributed by atoms with Crippen LogP contribution in [0.15, 0.2) is 53.6 Å². The molecule has 2 aromatic rings. The molecule has 0 spiro atoms. The van der Waals surface area contributed by atoms with E-state index in [9.17, 15) is 4.79 Å². The molecule has 0 radical (unpaired) electrons. The fourth-order valence-corrected chi connectivity index (χ4v) is 1.91. The Morgan fingerprint density at radius 3 is 2.65 bits per heavy atom. The Labute approximate surface area is 136 Å². The molecule has 3 N–H and O–H groups in total. The molecule has 2 aromatic carbocycles. The van der Waals surface area contributed by atoms with Gasteiger partial charge in [-0.3, -0.25) is 4.79 Å². The zero-order chi connectivity index (χ0) is 16.5. The number of para-hydroxylation sites is 1. The van der Waals surface area contributed by atoms with Crippen molar-refractivity contribution < 1.29 is 9.53 Å². The SMILES string of the molecule is CCCCOc1ccc(/C=N\NC(=O)c2ccccc2N)cc1. The summed E-state index contributed by atoms with van der Waals surface area (Å²) in [6.07, 6.45) is 3.72. The molecule has 0 aliphatic heterocycles. The van der Waals surface area contributed by atoms with Gasteiger partial charge >= 0.3 is 0 Å². The van der Waals surface area contributed by atoms with Crippen LogP contribution in [0, 0.1) is 0 Å². The highest BCUT2D eigenvalue weighted by Gasteiger charge is 2.06. The molecule has 2 rings (SSSR count). The lowest BCUT2D eigenvalue weighted by molar-refractivity contribution is 0.0956. The highest BCUT2D eigenvalue weighted by atomic mass is 16.5. The van der Waals surface area contributed by atoms with E-state index in [0.717, 1.165) is 30.8 Å². The fraction of sp³-hybridized carbons (Fsp3) is 0.222. The van der Waals surface area contributed by atoms with E-state index >= 15 is 0 Å². The molecule has 0 saturated heterocycles. The van der Waals surface area contributed by atoms with Crippen molar-refractivity contribution in [2.24, 2.45) is 5.10 Å². The Hall–Kier alpha value is -2.82. The third-order valence-electron chi connectivity index (χ3n) is 3.23. The normalized spacial score (nSPS) is 10.7. The molecule has 120 valence electrons. The van der Waals surface area contributed by atoms with Gasteiger partial charge in [-0.15, -0.1) is 0 Å². The average Bonchev–Trinajstić information content (AvgIpc) is 2.57. The Bertz CT molecular complexity index is 666. The monoisotopic (exact) mass is 311 g/mol. The number of ether oxygens (including phenoxy) is 1. The molecule has 0 aliphatic carbocycles. The summed E-state index contributed by atoms with van der Waals surface area (Å²) in [6, 6.07) is 14.4. The van der Waals surface area contributed by atoms with Gasteiger partial charge in [-0.2, -0.15) is 5.10 Å². The maximum atomic E-state index is 11.9. The van der Waals surface area contributed by atoms with Crippen LogP contribution in [0.5, 0.6) is 5.75 Å². The molecular weight excluding hydrogens is 290 g/mol. The highest BCUT2D eigenvalue weighted by molar-refractivity contribution is 5.99. The Balaban J connectivity index is 1.88. The largest absolute Gasteiger partial charge is 0.494 e. The summed E-state index contributed by atoms with van der Waals surface area (Å²) in [6.45, 7) is 2.85. The van der Waals surface area contributed by atoms with E-state index in [-0.39, 0.29) is 5.91 Å². The third kappa shape index (κ3) is 5.14. The van der Waals surface area contributed by atoms with Crippen LogP contribution in [0.25, 0.3) is 0 Å². The number of nitrogens with two attached hydrogens (primary N) is 1. The van der Waals surface area contributed by atoms with Gasteiger partial charge < -0.3 is 10.5 Å². The van der Waals surface area contributed by atoms with E-state index in [4.69, 9.17) is 10.5 Å². The Morgan fingerprint density at radius 1 is 1.22 bits per heavy atom. The maximum Gasteiger partial charge on any atom is 0.273 e. The Morgan fingerprint density at radius 2 is 1.96 bits per heavy atom. The molecule has 1 amide bonds. The molecule has 0 bridgehead atoms. The van der Waals surface area contributed by atoms with Crippen LogP contribution in [0.2, 0.25) is 0 Å². The molecule has 0 unspecified atom stereocenters. The van der Waals surface area contributed by atoms with Crippen molar-refractivity contribution in [3.63, 3.8) is 0 Å². The van der Waals surface area contributed by atoms with Crippen molar-refractivity contribution in [2.45, 2.75) is 19.8 Å². The van der Waals surface area contributed by atoms with Crippen molar-refractivity contribution in [3.8, 4) is 5.75 Å².